The predicted molar refractivity (Wildman–Crippen MR) is 116 cm³/mol. The number of rotatable bonds is 8. The van der Waals surface area contributed by atoms with Gasteiger partial charge in [0.1, 0.15) is 11.6 Å². The zero-order chi connectivity index (χ0) is 21.6. The summed E-state index contributed by atoms with van der Waals surface area (Å²) in [6.07, 6.45) is 4.21. The zero-order valence-corrected chi connectivity index (χ0v) is 17.4. The summed E-state index contributed by atoms with van der Waals surface area (Å²) < 4.78 is 12.7. The molecule has 0 saturated heterocycles. The number of anilines is 1. The third kappa shape index (κ3) is 4.98. The highest BCUT2D eigenvalue weighted by Crippen LogP contribution is 2.22. The second kappa shape index (κ2) is 9.25. The molecule has 0 unspecified atom stereocenters. The number of carbonyl (C=O) groups is 1. The van der Waals surface area contributed by atoms with Crippen LogP contribution in [0.3, 0.4) is 0 Å². The minimum absolute atomic E-state index is 0.127. The van der Waals surface area contributed by atoms with Crippen LogP contribution in [0.4, 0.5) is 5.69 Å². The Hall–Kier alpha value is -3.94. The number of amides is 1. The van der Waals surface area contributed by atoms with E-state index in [-0.39, 0.29) is 12.3 Å². The van der Waals surface area contributed by atoms with Crippen molar-refractivity contribution in [2.45, 2.75) is 19.8 Å². The minimum Gasteiger partial charge on any atom is -0.494 e. The van der Waals surface area contributed by atoms with Crippen LogP contribution in [0.2, 0.25) is 0 Å². The normalized spacial score (nSPS) is 10.8. The van der Waals surface area contributed by atoms with Crippen LogP contribution in [0.5, 0.6) is 5.75 Å². The summed E-state index contributed by atoms with van der Waals surface area (Å²) in [5.74, 6) is 2.40. The Labute approximate surface area is 179 Å². The van der Waals surface area contributed by atoms with Crippen molar-refractivity contribution in [3.63, 3.8) is 0 Å². The largest absolute Gasteiger partial charge is 0.494 e. The number of hydrogen-bond acceptors (Lipinski definition) is 6. The molecular formula is C23H23N5O3. The van der Waals surface area contributed by atoms with Crippen LogP contribution in [-0.2, 0) is 18.3 Å². The fourth-order valence-corrected chi connectivity index (χ4v) is 3.16. The van der Waals surface area contributed by atoms with Gasteiger partial charge in [-0.2, -0.15) is 4.98 Å². The topological polar surface area (TPSA) is 95.1 Å². The molecule has 0 aliphatic carbocycles. The Morgan fingerprint density at radius 1 is 1.16 bits per heavy atom. The van der Waals surface area contributed by atoms with E-state index in [1.807, 2.05) is 73.3 Å². The van der Waals surface area contributed by atoms with Crippen LogP contribution < -0.4 is 10.1 Å². The maximum absolute atomic E-state index is 12.4. The molecule has 158 valence electrons. The lowest BCUT2D eigenvalue weighted by atomic mass is 10.2. The van der Waals surface area contributed by atoms with Gasteiger partial charge < -0.3 is 19.1 Å². The number of carbonyl (C=O) groups excluding carboxylic acids is 1. The van der Waals surface area contributed by atoms with Crippen LogP contribution in [0.25, 0.3) is 22.8 Å². The van der Waals surface area contributed by atoms with Crippen molar-refractivity contribution in [3.8, 4) is 28.5 Å². The molecule has 0 saturated carbocycles. The highest BCUT2D eigenvalue weighted by atomic mass is 16.5. The number of aromatic nitrogens is 4. The Balaban J connectivity index is 1.34. The van der Waals surface area contributed by atoms with Crippen molar-refractivity contribution in [1.82, 2.24) is 19.7 Å². The Bertz CT molecular complexity index is 1160. The number of nitrogens with zero attached hydrogens (tertiary/aromatic N) is 4. The standard InChI is InChI=1S/C23H23N5O3/c1-3-30-19-9-7-16(8-10-19)22-26-21(31-27-22)12-11-20(29)25-18-6-4-5-17(15-18)23-24-13-14-28(23)2/h4-10,13-15H,3,11-12H2,1-2H3,(H,25,29). The van der Waals surface area contributed by atoms with Gasteiger partial charge in [-0.3, -0.25) is 4.79 Å². The van der Waals surface area contributed by atoms with Gasteiger partial charge in [-0.05, 0) is 43.3 Å². The van der Waals surface area contributed by atoms with Gasteiger partial charge in [-0.15, -0.1) is 0 Å². The number of imidazole rings is 1. The molecule has 0 radical (unpaired) electrons. The first kappa shape index (κ1) is 20.3. The van der Waals surface area contributed by atoms with Gasteiger partial charge in [0.15, 0.2) is 0 Å². The van der Waals surface area contributed by atoms with Crippen LogP contribution in [-0.4, -0.2) is 32.2 Å². The van der Waals surface area contributed by atoms with Gasteiger partial charge in [-0.1, -0.05) is 17.3 Å². The Kier molecular flexibility index (Phi) is 6.07. The summed E-state index contributed by atoms with van der Waals surface area (Å²) >= 11 is 0. The number of ether oxygens (including phenoxy) is 1. The molecule has 8 nitrogen and oxygen atoms in total. The number of benzene rings is 2. The van der Waals surface area contributed by atoms with E-state index < -0.39 is 0 Å². The first-order chi connectivity index (χ1) is 15.1. The molecule has 0 bridgehead atoms. The molecule has 2 aromatic carbocycles. The smallest absolute Gasteiger partial charge is 0.227 e. The monoisotopic (exact) mass is 417 g/mol. The van der Waals surface area contributed by atoms with Crippen LogP contribution in [0, 0.1) is 0 Å². The average Bonchev–Trinajstić information content (AvgIpc) is 3.42. The van der Waals surface area contributed by atoms with Crippen molar-refractivity contribution in [2.75, 3.05) is 11.9 Å². The van der Waals surface area contributed by atoms with Gasteiger partial charge in [0.05, 0.1) is 6.61 Å². The highest BCUT2D eigenvalue weighted by molar-refractivity contribution is 5.91. The first-order valence-corrected chi connectivity index (χ1v) is 10.1. The molecule has 4 aromatic rings. The molecule has 4 rings (SSSR count). The van der Waals surface area contributed by atoms with E-state index >= 15 is 0 Å². The predicted octanol–water partition coefficient (Wildman–Crippen LogP) is 4.11. The molecule has 1 amide bonds. The maximum atomic E-state index is 12.4. The number of aryl methyl sites for hydroxylation is 2. The number of hydrogen-bond donors (Lipinski definition) is 1. The fourth-order valence-electron chi connectivity index (χ4n) is 3.16. The van der Waals surface area contributed by atoms with Gasteiger partial charge in [0.25, 0.3) is 0 Å². The van der Waals surface area contributed by atoms with Crippen molar-refractivity contribution in [3.05, 3.63) is 66.8 Å². The highest BCUT2D eigenvalue weighted by Gasteiger charge is 2.12. The number of nitrogens with one attached hydrogen (secondary N) is 1. The van der Waals surface area contributed by atoms with Gasteiger partial charge in [0, 0.05) is 49.1 Å². The Morgan fingerprint density at radius 2 is 2.00 bits per heavy atom. The zero-order valence-electron chi connectivity index (χ0n) is 17.4. The third-order valence-corrected chi connectivity index (χ3v) is 4.68. The second-order valence-corrected chi connectivity index (χ2v) is 6.96. The average molecular weight is 417 g/mol. The summed E-state index contributed by atoms with van der Waals surface area (Å²) in [5, 5.41) is 6.92. The van der Waals surface area contributed by atoms with Gasteiger partial charge in [0.2, 0.25) is 17.6 Å². The van der Waals surface area contributed by atoms with Crippen LogP contribution >= 0.6 is 0 Å². The van der Waals surface area contributed by atoms with Crippen molar-refractivity contribution in [2.24, 2.45) is 7.05 Å². The van der Waals surface area contributed by atoms with Crippen LogP contribution in [0.1, 0.15) is 19.2 Å². The van der Waals surface area contributed by atoms with E-state index in [9.17, 15) is 4.79 Å². The van der Waals surface area contributed by atoms with E-state index in [0.717, 1.165) is 22.7 Å². The lowest BCUT2D eigenvalue weighted by Gasteiger charge is -2.07. The quantitative estimate of drug-likeness (QED) is 0.464. The summed E-state index contributed by atoms with van der Waals surface area (Å²) in [4.78, 5) is 21.1. The van der Waals surface area contributed by atoms with E-state index in [2.05, 4.69) is 20.4 Å². The maximum Gasteiger partial charge on any atom is 0.227 e. The molecule has 0 spiro atoms. The van der Waals surface area contributed by atoms with Crippen molar-refractivity contribution >= 4 is 11.6 Å². The second-order valence-electron chi connectivity index (χ2n) is 6.96. The summed E-state index contributed by atoms with van der Waals surface area (Å²) in [6, 6.07) is 15.1. The molecule has 8 heteroatoms. The Morgan fingerprint density at radius 3 is 2.74 bits per heavy atom. The molecular weight excluding hydrogens is 394 g/mol. The molecule has 0 atom stereocenters. The third-order valence-electron chi connectivity index (χ3n) is 4.68. The lowest BCUT2D eigenvalue weighted by molar-refractivity contribution is -0.116. The summed E-state index contributed by atoms with van der Waals surface area (Å²) in [5.41, 5.74) is 2.47. The lowest BCUT2D eigenvalue weighted by Crippen LogP contribution is -2.12. The van der Waals surface area contributed by atoms with Gasteiger partial charge in [-0.25, -0.2) is 4.98 Å². The summed E-state index contributed by atoms with van der Waals surface area (Å²) in [6.45, 7) is 2.55. The first-order valence-electron chi connectivity index (χ1n) is 10.1. The van der Waals surface area contributed by atoms with E-state index in [1.165, 1.54) is 0 Å². The van der Waals surface area contributed by atoms with Gasteiger partial charge >= 0.3 is 0 Å². The molecule has 2 heterocycles. The van der Waals surface area contributed by atoms with Crippen molar-refractivity contribution < 1.29 is 14.1 Å². The van der Waals surface area contributed by atoms with E-state index in [0.29, 0.717) is 30.4 Å². The molecule has 0 aliphatic rings. The van der Waals surface area contributed by atoms with Crippen LogP contribution in [0.15, 0.2) is 65.4 Å². The molecule has 2 aromatic heterocycles. The molecule has 1 N–H and O–H groups in total. The molecule has 31 heavy (non-hydrogen) atoms. The van der Waals surface area contributed by atoms with E-state index in [4.69, 9.17) is 9.26 Å². The molecule has 0 aliphatic heterocycles. The molecule has 0 fully saturated rings. The van der Waals surface area contributed by atoms with E-state index in [1.54, 1.807) is 6.20 Å². The summed E-state index contributed by atoms with van der Waals surface area (Å²) in [7, 11) is 1.93. The fraction of sp³-hybridized carbons (Fsp3) is 0.217. The minimum atomic E-state index is -0.127. The van der Waals surface area contributed by atoms with Crippen molar-refractivity contribution in [1.29, 1.82) is 0 Å². The SMILES string of the molecule is CCOc1ccc(-c2noc(CCC(=O)Nc3cccc(-c4nccn4C)c3)n2)cc1.